The average molecular weight is 248 g/mol. The van der Waals surface area contributed by atoms with Crippen molar-refractivity contribution in [3.63, 3.8) is 0 Å². The minimum Gasteiger partial charge on any atom is -0.501 e. The Bertz CT molecular complexity index is 284. The summed E-state index contributed by atoms with van der Waals surface area (Å²) >= 11 is 0. The van der Waals surface area contributed by atoms with E-state index in [1.807, 2.05) is 0 Å². The zero-order valence-electron chi connectivity index (χ0n) is 11.6. The van der Waals surface area contributed by atoms with Crippen LogP contribution in [-0.2, 0) is 9.47 Å². The van der Waals surface area contributed by atoms with Crippen LogP contribution in [0.2, 0.25) is 0 Å². The Kier molecular flexibility index (Phi) is 8.89. The first-order valence-electron chi connectivity index (χ1n) is 6.30. The lowest BCUT2D eigenvalue weighted by Crippen LogP contribution is -2.37. The van der Waals surface area contributed by atoms with Crippen molar-refractivity contribution in [3.05, 3.63) is 12.8 Å². The van der Waals surface area contributed by atoms with Crippen molar-refractivity contribution in [1.29, 1.82) is 0 Å². The fourth-order valence-corrected chi connectivity index (χ4v) is 1.89. The molecular weight excluding hydrogens is 224 g/mol. The number of rotatable bonds is 10. The van der Waals surface area contributed by atoms with Gasteiger partial charge in [-0.25, -0.2) is 0 Å². The van der Waals surface area contributed by atoms with Crippen LogP contribution in [0.5, 0.6) is 0 Å². The molecule has 0 fully saturated rings. The van der Waals surface area contributed by atoms with E-state index >= 15 is 0 Å². The molecule has 0 N–H and O–H groups in total. The second kappa shape index (κ2) is 9.63. The van der Waals surface area contributed by atoms with Gasteiger partial charge in [0.15, 0.2) is 0 Å². The normalized spacial score (nSPS) is 13.4. The number of hydrogen-bond donors (Lipinski definition) is 0. The second-order valence-corrected chi connectivity index (χ2v) is 4.75. The van der Waals surface area contributed by atoms with Crippen LogP contribution < -0.4 is 0 Å². The highest BCUT2D eigenvalue weighted by molar-refractivity contribution is 4.89. The van der Waals surface area contributed by atoms with Gasteiger partial charge in [0.25, 0.3) is 0 Å². The number of terminal acetylenes is 2. The molecule has 0 rings (SSSR count). The third kappa shape index (κ3) is 5.80. The molecule has 0 aromatic carbocycles. The second-order valence-electron chi connectivity index (χ2n) is 4.75. The lowest BCUT2D eigenvalue weighted by atomic mass is 9.74. The van der Waals surface area contributed by atoms with Crippen LogP contribution in [0, 0.1) is 36.0 Å². The van der Waals surface area contributed by atoms with Crippen LogP contribution in [0.15, 0.2) is 12.8 Å². The van der Waals surface area contributed by atoms with Crippen molar-refractivity contribution < 1.29 is 9.47 Å². The third-order valence-electron chi connectivity index (χ3n) is 3.28. The van der Waals surface area contributed by atoms with E-state index in [2.05, 4.69) is 32.3 Å². The largest absolute Gasteiger partial charge is 0.501 e. The summed E-state index contributed by atoms with van der Waals surface area (Å²) in [5.41, 5.74) is -0.0537. The van der Waals surface area contributed by atoms with Crippen LogP contribution in [0.3, 0.4) is 0 Å². The van der Waals surface area contributed by atoms with Crippen molar-refractivity contribution >= 4 is 0 Å². The maximum atomic E-state index is 5.54. The molecule has 0 heterocycles. The summed E-state index contributed by atoms with van der Waals surface area (Å²) in [5, 5.41) is 0. The zero-order chi connectivity index (χ0) is 13.9. The summed E-state index contributed by atoms with van der Waals surface area (Å²) in [4.78, 5) is 0. The van der Waals surface area contributed by atoms with Crippen molar-refractivity contribution in [2.24, 2.45) is 11.3 Å². The maximum Gasteiger partial charge on any atom is 0.107 e. The van der Waals surface area contributed by atoms with Gasteiger partial charge in [-0.15, -0.1) is 18.8 Å². The first-order valence-corrected chi connectivity index (χ1v) is 6.30. The predicted octanol–water partition coefficient (Wildman–Crippen LogP) is 3.24. The van der Waals surface area contributed by atoms with Gasteiger partial charge in [-0.2, -0.15) is 0 Å². The predicted molar refractivity (Wildman–Crippen MR) is 75.8 cm³/mol. The highest BCUT2D eigenvalue weighted by atomic mass is 16.5. The molecule has 0 aromatic rings. The minimum absolute atomic E-state index is 0.0537. The van der Waals surface area contributed by atoms with Gasteiger partial charge >= 0.3 is 0 Å². The molecule has 0 spiro atoms. The van der Waals surface area contributed by atoms with E-state index in [1.54, 1.807) is 0 Å². The quantitative estimate of drug-likeness (QED) is 0.336. The molecule has 0 saturated heterocycles. The number of ether oxygens (including phenoxy) is 2. The summed E-state index contributed by atoms with van der Waals surface area (Å²) in [6, 6.07) is 0. The van der Waals surface area contributed by atoms with Crippen molar-refractivity contribution in [2.75, 3.05) is 19.8 Å². The molecule has 0 radical (unpaired) electrons. The van der Waals surface area contributed by atoms with Crippen LogP contribution in [0.4, 0.5) is 0 Å². The van der Waals surface area contributed by atoms with Gasteiger partial charge in [-0.05, 0) is 18.8 Å². The lowest BCUT2D eigenvalue weighted by Gasteiger charge is -2.36. The molecule has 0 aliphatic carbocycles. The van der Waals surface area contributed by atoms with Crippen molar-refractivity contribution in [2.45, 2.75) is 33.1 Å². The van der Waals surface area contributed by atoms with E-state index < -0.39 is 0 Å². The molecule has 0 aliphatic rings. The summed E-state index contributed by atoms with van der Waals surface area (Å²) in [7, 11) is 0. The maximum absolute atomic E-state index is 5.54. The molecule has 0 bridgehead atoms. The number of hydrogen-bond acceptors (Lipinski definition) is 2. The molecule has 2 heteroatoms. The van der Waals surface area contributed by atoms with Crippen LogP contribution >= 0.6 is 0 Å². The van der Waals surface area contributed by atoms with Crippen LogP contribution in [0.25, 0.3) is 0 Å². The van der Waals surface area contributed by atoms with Gasteiger partial charge in [-0.1, -0.05) is 26.3 Å². The molecule has 0 aliphatic heterocycles. The SMILES string of the molecule is C#CCCCC(COC=C)(COCC#C)C(C)C. The van der Waals surface area contributed by atoms with E-state index in [4.69, 9.17) is 22.3 Å². The Morgan fingerprint density at radius 1 is 1.28 bits per heavy atom. The lowest BCUT2D eigenvalue weighted by molar-refractivity contribution is -0.0243. The molecule has 1 unspecified atom stereocenters. The Morgan fingerprint density at radius 3 is 2.50 bits per heavy atom. The Balaban J connectivity index is 4.62. The molecule has 1 atom stereocenters. The number of unbranched alkanes of at least 4 members (excludes halogenated alkanes) is 1. The highest BCUT2D eigenvalue weighted by Gasteiger charge is 2.34. The fourth-order valence-electron chi connectivity index (χ4n) is 1.89. The third-order valence-corrected chi connectivity index (χ3v) is 3.28. The Hall–Kier alpha value is -1.38. The molecule has 0 amide bonds. The standard InChI is InChI=1S/C16H24O2/c1-6-9-10-11-16(15(4)5,13-17-8-3)14-18-12-7-2/h1-2,8,15H,3,9-14H2,4-5H3. The van der Waals surface area contributed by atoms with Crippen molar-refractivity contribution in [1.82, 2.24) is 0 Å². The molecule has 0 saturated carbocycles. The summed E-state index contributed by atoms with van der Waals surface area (Å²) < 4.78 is 10.9. The van der Waals surface area contributed by atoms with Gasteiger partial charge in [0.2, 0.25) is 0 Å². The molecular formula is C16H24O2. The van der Waals surface area contributed by atoms with Gasteiger partial charge < -0.3 is 9.47 Å². The van der Waals surface area contributed by atoms with Gasteiger partial charge in [0.05, 0.1) is 19.5 Å². The molecule has 0 aromatic heterocycles. The Labute approximate surface area is 112 Å². The minimum atomic E-state index is -0.0537. The molecule has 18 heavy (non-hydrogen) atoms. The summed E-state index contributed by atoms with van der Waals surface area (Å²) in [6.45, 7) is 9.43. The van der Waals surface area contributed by atoms with Crippen LogP contribution in [-0.4, -0.2) is 19.8 Å². The van der Waals surface area contributed by atoms with E-state index in [-0.39, 0.29) is 5.41 Å². The van der Waals surface area contributed by atoms with Gasteiger partial charge in [-0.3, -0.25) is 0 Å². The highest BCUT2D eigenvalue weighted by Crippen LogP contribution is 2.34. The van der Waals surface area contributed by atoms with E-state index in [0.717, 1.165) is 19.3 Å². The Morgan fingerprint density at radius 2 is 2.00 bits per heavy atom. The molecule has 2 nitrogen and oxygen atoms in total. The fraction of sp³-hybridized carbons (Fsp3) is 0.625. The average Bonchev–Trinajstić information content (AvgIpc) is 2.35. The smallest absolute Gasteiger partial charge is 0.107 e. The van der Waals surface area contributed by atoms with Gasteiger partial charge in [0.1, 0.15) is 6.61 Å². The van der Waals surface area contributed by atoms with E-state index in [9.17, 15) is 0 Å². The van der Waals surface area contributed by atoms with Gasteiger partial charge in [0, 0.05) is 11.8 Å². The first-order chi connectivity index (χ1) is 8.63. The van der Waals surface area contributed by atoms with E-state index in [0.29, 0.717) is 25.7 Å². The summed E-state index contributed by atoms with van der Waals surface area (Å²) in [6.07, 6.45) is 14.7. The van der Waals surface area contributed by atoms with Crippen LogP contribution in [0.1, 0.15) is 33.1 Å². The zero-order valence-corrected chi connectivity index (χ0v) is 11.6. The topological polar surface area (TPSA) is 18.5 Å². The van der Waals surface area contributed by atoms with E-state index in [1.165, 1.54) is 6.26 Å². The van der Waals surface area contributed by atoms with Crippen molar-refractivity contribution in [3.8, 4) is 24.7 Å². The summed E-state index contributed by atoms with van der Waals surface area (Å²) in [5.74, 6) is 5.58. The first kappa shape index (κ1) is 16.6. The monoisotopic (exact) mass is 248 g/mol. The molecule has 100 valence electrons.